The van der Waals surface area contributed by atoms with Crippen LogP contribution in [0.2, 0.25) is 0 Å². The zero-order valence-corrected chi connectivity index (χ0v) is 12.4. The van der Waals surface area contributed by atoms with Crippen LogP contribution in [-0.4, -0.2) is 51.1 Å². The van der Waals surface area contributed by atoms with Gasteiger partial charge in [0.1, 0.15) is 5.56 Å². The number of ether oxygens (including phenoxy) is 1. The molecule has 20 heavy (non-hydrogen) atoms. The second-order valence-corrected chi connectivity index (χ2v) is 5.62. The summed E-state index contributed by atoms with van der Waals surface area (Å²) in [5.74, 6) is -0.320. The molecule has 0 amide bonds. The summed E-state index contributed by atoms with van der Waals surface area (Å²) in [6, 6.07) is 0. The van der Waals surface area contributed by atoms with Crippen molar-refractivity contribution >= 4 is 5.97 Å². The van der Waals surface area contributed by atoms with E-state index in [0.717, 1.165) is 31.6 Å². The van der Waals surface area contributed by atoms with Crippen LogP contribution < -0.4 is 0 Å². The Kier molecular flexibility index (Phi) is 4.45. The van der Waals surface area contributed by atoms with Crippen molar-refractivity contribution in [2.45, 2.75) is 38.8 Å². The highest BCUT2D eigenvalue weighted by Gasteiger charge is 2.28. The maximum atomic E-state index is 11.9. The molecule has 112 valence electrons. The van der Waals surface area contributed by atoms with Crippen LogP contribution in [0.5, 0.6) is 0 Å². The zero-order valence-electron chi connectivity index (χ0n) is 12.4. The zero-order chi connectivity index (χ0) is 14.8. The van der Waals surface area contributed by atoms with Gasteiger partial charge in [-0.1, -0.05) is 0 Å². The van der Waals surface area contributed by atoms with E-state index in [0.29, 0.717) is 18.7 Å². The summed E-state index contributed by atoms with van der Waals surface area (Å²) < 4.78 is 6.77. The van der Waals surface area contributed by atoms with E-state index < -0.39 is 5.60 Å². The number of aromatic nitrogens is 2. The van der Waals surface area contributed by atoms with E-state index in [2.05, 4.69) is 10.00 Å². The van der Waals surface area contributed by atoms with E-state index >= 15 is 0 Å². The normalized spacial score (nSPS) is 19.0. The van der Waals surface area contributed by atoms with E-state index in [1.807, 2.05) is 14.0 Å². The van der Waals surface area contributed by atoms with Gasteiger partial charge in [0.05, 0.1) is 24.1 Å². The Hall–Kier alpha value is -1.40. The van der Waals surface area contributed by atoms with Crippen molar-refractivity contribution < 1.29 is 14.6 Å². The largest absolute Gasteiger partial charge is 0.462 e. The number of piperidine rings is 1. The Bertz CT molecular complexity index is 472. The lowest BCUT2D eigenvalue weighted by Crippen LogP contribution is -2.42. The Morgan fingerprint density at radius 1 is 1.50 bits per heavy atom. The Morgan fingerprint density at radius 2 is 2.15 bits per heavy atom. The molecular weight excluding hydrogens is 258 g/mol. The van der Waals surface area contributed by atoms with Crippen LogP contribution in [0.1, 0.15) is 42.7 Å². The number of carbonyl (C=O) groups excluding carboxylic acids is 1. The topological polar surface area (TPSA) is 67.6 Å². The van der Waals surface area contributed by atoms with Gasteiger partial charge in [0.15, 0.2) is 0 Å². The summed E-state index contributed by atoms with van der Waals surface area (Å²) in [6.45, 7) is 6.32. The van der Waals surface area contributed by atoms with Crippen molar-refractivity contribution in [1.29, 1.82) is 0 Å². The molecule has 0 spiro atoms. The maximum absolute atomic E-state index is 11.9. The summed E-state index contributed by atoms with van der Waals surface area (Å²) in [4.78, 5) is 14.1. The minimum Gasteiger partial charge on any atom is -0.462 e. The van der Waals surface area contributed by atoms with Gasteiger partial charge in [-0.25, -0.2) is 4.79 Å². The SMILES string of the molecule is CCOC(=O)c1cnn(C)c1CN1CCC(C)(O)CC1. The molecule has 2 heterocycles. The molecule has 0 atom stereocenters. The van der Waals surface area contributed by atoms with Crippen molar-refractivity contribution in [3.8, 4) is 0 Å². The highest BCUT2D eigenvalue weighted by molar-refractivity contribution is 5.90. The first-order chi connectivity index (χ1) is 9.43. The van der Waals surface area contributed by atoms with Crippen molar-refractivity contribution in [1.82, 2.24) is 14.7 Å². The summed E-state index contributed by atoms with van der Waals surface area (Å²) in [6.07, 6.45) is 3.06. The molecular formula is C14H23N3O3. The number of rotatable bonds is 4. The predicted molar refractivity (Wildman–Crippen MR) is 74.3 cm³/mol. The van der Waals surface area contributed by atoms with Crippen LogP contribution in [0.25, 0.3) is 0 Å². The van der Waals surface area contributed by atoms with Gasteiger partial charge < -0.3 is 9.84 Å². The number of carbonyl (C=O) groups is 1. The number of aliphatic hydroxyl groups is 1. The molecule has 0 unspecified atom stereocenters. The van der Waals surface area contributed by atoms with E-state index in [9.17, 15) is 9.90 Å². The molecule has 2 rings (SSSR count). The average Bonchev–Trinajstić information content (AvgIpc) is 2.74. The van der Waals surface area contributed by atoms with E-state index in [4.69, 9.17) is 4.74 Å². The fraction of sp³-hybridized carbons (Fsp3) is 0.714. The standard InChI is InChI=1S/C14H23N3O3/c1-4-20-13(18)11-9-15-16(3)12(11)10-17-7-5-14(2,19)6-8-17/h9,19H,4-8,10H2,1-3H3. The van der Waals surface area contributed by atoms with Gasteiger partial charge in [0.2, 0.25) is 0 Å². The highest BCUT2D eigenvalue weighted by Crippen LogP contribution is 2.23. The molecule has 1 N–H and O–H groups in total. The summed E-state index contributed by atoms with van der Waals surface area (Å²) in [5.41, 5.74) is 0.837. The second kappa shape index (κ2) is 5.93. The molecule has 0 aliphatic carbocycles. The van der Waals surface area contributed by atoms with Crippen LogP contribution in [0.15, 0.2) is 6.20 Å². The average molecular weight is 281 g/mol. The quantitative estimate of drug-likeness (QED) is 0.832. The van der Waals surface area contributed by atoms with Gasteiger partial charge in [0, 0.05) is 26.7 Å². The first-order valence-electron chi connectivity index (χ1n) is 7.05. The molecule has 0 saturated carbocycles. The van der Waals surface area contributed by atoms with Crippen molar-refractivity contribution in [2.75, 3.05) is 19.7 Å². The Balaban J connectivity index is 2.06. The fourth-order valence-corrected chi connectivity index (χ4v) is 2.43. The third-order valence-electron chi connectivity index (χ3n) is 3.86. The van der Waals surface area contributed by atoms with Crippen LogP contribution in [-0.2, 0) is 18.3 Å². The smallest absolute Gasteiger partial charge is 0.341 e. The molecule has 0 radical (unpaired) electrons. The van der Waals surface area contributed by atoms with Gasteiger partial charge in [-0.15, -0.1) is 0 Å². The first kappa shape index (κ1) is 15.0. The van der Waals surface area contributed by atoms with E-state index in [-0.39, 0.29) is 5.97 Å². The predicted octanol–water partition coefficient (Wildman–Crippen LogP) is 0.944. The molecule has 1 saturated heterocycles. The van der Waals surface area contributed by atoms with Gasteiger partial charge in [0.25, 0.3) is 0 Å². The molecule has 0 aromatic carbocycles. The lowest BCUT2D eigenvalue weighted by Gasteiger charge is -2.35. The minimum atomic E-state index is -0.563. The third kappa shape index (κ3) is 3.37. The van der Waals surface area contributed by atoms with Gasteiger partial charge in [-0.05, 0) is 26.7 Å². The molecule has 0 bridgehead atoms. The number of likely N-dealkylation sites (tertiary alicyclic amines) is 1. The Labute approximate surface area is 119 Å². The molecule has 1 aromatic rings. The summed E-state index contributed by atoms with van der Waals surface area (Å²) >= 11 is 0. The lowest BCUT2D eigenvalue weighted by molar-refractivity contribution is -0.00795. The van der Waals surface area contributed by atoms with Crippen LogP contribution in [0, 0.1) is 0 Å². The molecule has 1 aliphatic heterocycles. The molecule has 1 aromatic heterocycles. The van der Waals surface area contributed by atoms with Crippen molar-refractivity contribution in [2.24, 2.45) is 7.05 Å². The van der Waals surface area contributed by atoms with Crippen LogP contribution in [0.4, 0.5) is 0 Å². The minimum absolute atomic E-state index is 0.320. The van der Waals surface area contributed by atoms with E-state index in [1.165, 1.54) is 0 Å². The first-order valence-corrected chi connectivity index (χ1v) is 7.05. The Morgan fingerprint density at radius 3 is 2.75 bits per heavy atom. The van der Waals surface area contributed by atoms with Crippen molar-refractivity contribution in [3.63, 3.8) is 0 Å². The lowest BCUT2D eigenvalue weighted by atomic mass is 9.94. The number of esters is 1. The van der Waals surface area contributed by atoms with Crippen molar-refractivity contribution in [3.05, 3.63) is 17.5 Å². The summed E-state index contributed by atoms with van der Waals surface area (Å²) in [7, 11) is 1.83. The summed E-state index contributed by atoms with van der Waals surface area (Å²) in [5, 5.41) is 14.1. The number of nitrogens with zero attached hydrogens (tertiary/aromatic N) is 3. The monoisotopic (exact) mass is 281 g/mol. The van der Waals surface area contributed by atoms with E-state index in [1.54, 1.807) is 17.8 Å². The maximum Gasteiger partial charge on any atom is 0.341 e. The highest BCUT2D eigenvalue weighted by atomic mass is 16.5. The molecule has 1 fully saturated rings. The van der Waals surface area contributed by atoms with Gasteiger partial charge in [-0.2, -0.15) is 5.10 Å². The third-order valence-corrected chi connectivity index (χ3v) is 3.86. The van der Waals surface area contributed by atoms with Crippen LogP contribution >= 0.6 is 0 Å². The molecule has 1 aliphatic rings. The van der Waals surface area contributed by atoms with Gasteiger partial charge in [-0.3, -0.25) is 9.58 Å². The van der Waals surface area contributed by atoms with Crippen LogP contribution in [0.3, 0.4) is 0 Å². The molecule has 6 heteroatoms. The second-order valence-electron chi connectivity index (χ2n) is 5.62. The number of aryl methyl sites for hydroxylation is 1. The van der Waals surface area contributed by atoms with Gasteiger partial charge >= 0.3 is 5.97 Å². The fourth-order valence-electron chi connectivity index (χ4n) is 2.43. The molecule has 6 nitrogen and oxygen atoms in total. The number of hydrogen-bond acceptors (Lipinski definition) is 5. The number of hydrogen-bond donors (Lipinski definition) is 1.